The maximum absolute atomic E-state index is 14.5. The van der Waals surface area contributed by atoms with Crippen LogP contribution in [0.25, 0.3) is 11.5 Å². The average Bonchev–Trinajstić information content (AvgIpc) is 2.96. The van der Waals surface area contributed by atoms with E-state index in [4.69, 9.17) is 0 Å². The summed E-state index contributed by atoms with van der Waals surface area (Å²) in [6.07, 6.45) is -2.66. The van der Waals surface area contributed by atoms with E-state index in [1.54, 1.807) is 0 Å². The van der Waals surface area contributed by atoms with E-state index in [1.165, 1.54) is 0 Å². The van der Waals surface area contributed by atoms with Crippen LogP contribution in [0.4, 0.5) is 17.6 Å². The van der Waals surface area contributed by atoms with Crippen molar-refractivity contribution >= 4 is 25.6 Å². The van der Waals surface area contributed by atoms with Crippen LogP contribution in [0.1, 0.15) is 5.69 Å². The van der Waals surface area contributed by atoms with Crippen molar-refractivity contribution in [2.75, 3.05) is 9.86 Å². The molecule has 0 fully saturated rings. The number of benzene rings is 1. The van der Waals surface area contributed by atoms with Gasteiger partial charge in [-0.3, -0.25) is 0 Å². The molecule has 0 saturated carbocycles. The molecule has 0 aliphatic rings. The Morgan fingerprint density at radius 1 is 1.20 bits per heavy atom. The Bertz CT molecular complexity index is 1020. The molecule has 0 spiro atoms. The molecule has 0 saturated heterocycles. The van der Waals surface area contributed by atoms with Gasteiger partial charge in [0.2, 0.25) is 0 Å². The van der Waals surface area contributed by atoms with Gasteiger partial charge in [0, 0.05) is 0 Å². The summed E-state index contributed by atoms with van der Waals surface area (Å²) in [5.41, 5.74) is -2.66. The van der Waals surface area contributed by atoms with Crippen LogP contribution in [0.3, 0.4) is 0 Å². The summed E-state index contributed by atoms with van der Waals surface area (Å²) < 4.78 is 55.6. The van der Waals surface area contributed by atoms with Crippen LogP contribution in [0.2, 0.25) is 0 Å². The molecule has 0 aliphatic heterocycles. The summed E-state index contributed by atoms with van der Waals surface area (Å²) in [7, 11) is 0. The molecule has 2 aromatic heterocycles. The first kappa shape index (κ1) is 17.7. The van der Waals surface area contributed by atoms with Crippen LogP contribution in [-0.2, 0) is 6.18 Å². The van der Waals surface area contributed by atoms with Gasteiger partial charge in [0.05, 0.1) is 0 Å². The van der Waals surface area contributed by atoms with E-state index in [0.717, 1.165) is 24.5 Å². The van der Waals surface area contributed by atoms with E-state index in [-0.39, 0.29) is 11.4 Å². The Morgan fingerprint density at radius 2 is 1.88 bits per heavy atom. The zero-order valence-corrected chi connectivity index (χ0v) is 15.1. The van der Waals surface area contributed by atoms with Gasteiger partial charge in [-0.15, -0.1) is 0 Å². The standard InChI is InChI=1S/C15H12F4IN3O2/c1-20(2)9-5-8(16)10(6-11(9)24)23-13(25)7-12(15(17,18)19)22-4-3-21-14(22)23/h3-7,24H,1-2H3. The first-order valence-corrected chi connectivity index (χ1v) is 12.2. The van der Waals surface area contributed by atoms with Crippen molar-refractivity contribution < 1.29 is 22.7 Å². The Hall–Kier alpha value is -2.11. The van der Waals surface area contributed by atoms with E-state index in [0.29, 0.717) is 18.6 Å². The molecule has 5 nitrogen and oxygen atoms in total. The fraction of sp³-hybridized carbons (Fsp3) is 0.200. The molecule has 0 aliphatic carbocycles. The Balaban J connectivity index is 2.35. The quantitative estimate of drug-likeness (QED) is 0.356. The van der Waals surface area contributed by atoms with Gasteiger partial charge < -0.3 is 0 Å². The van der Waals surface area contributed by atoms with Crippen molar-refractivity contribution in [2.24, 2.45) is 0 Å². The van der Waals surface area contributed by atoms with Crippen LogP contribution in [0.15, 0.2) is 35.4 Å². The SMILES string of the molecule is CI(C)c1cc(F)c(-n2c(=O)cc(C(F)(F)F)n3ccnc23)cc1O. The number of phenolic OH excluding ortho intramolecular Hbond substituents is 1. The molecular weight excluding hydrogens is 457 g/mol. The van der Waals surface area contributed by atoms with Gasteiger partial charge in [-0.05, 0) is 0 Å². The van der Waals surface area contributed by atoms with E-state index >= 15 is 0 Å². The molecule has 0 atom stereocenters. The molecule has 0 unspecified atom stereocenters. The molecule has 3 rings (SSSR count). The summed E-state index contributed by atoms with van der Waals surface area (Å²) in [6, 6.07) is 2.54. The zero-order chi connectivity index (χ0) is 18.5. The second kappa shape index (κ2) is 6.00. The Labute approximate surface area is 145 Å². The van der Waals surface area contributed by atoms with Crippen molar-refractivity contribution in [3.05, 3.63) is 56.0 Å². The van der Waals surface area contributed by atoms with Gasteiger partial charge >= 0.3 is 146 Å². The number of aromatic hydroxyl groups is 1. The number of hydrogen-bond donors (Lipinski definition) is 1. The molecule has 1 N–H and O–H groups in total. The Morgan fingerprint density at radius 3 is 2.48 bits per heavy atom. The molecule has 25 heavy (non-hydrogen) atoms. The fourth-order valence-corrected chi connectivity index (χ4v) is 4.60. The molecule has 0 amide bonds. The van der Waals surface area contributed by atoms with E-state index in [1.807, 2.05) is 9.86 Å². The predicted octanol–water partition coefficient (Wildman–Crippen LogP) is 3.28. The minimum absolute atomic E-state index is 0.192. The molecule has 134 valence electrons. The van der Waals surface area contributed by atoms with Gasteiger partial charge in [0.25, 0.3) is 0 Å². The second-order valence-electron chi connectivity index (χ2n) is 5.31. The second-order valence-corrected chi connectivity index (χ2v) is 10.8. The first-order chi connectivity index (χ1) is 11.6. The van der Waals surface area contributed by atoms with E-state index in [9.17, 15) is 27.5 Å². The number of alkyl halides is 5. The van der Waals surface area contributed by atoms with Gasteiger partial charge in [0.15, 0.2) is 0 Å². The number of imidazole rings is 1. The third-order valence-electron chi connectivity index (χ3n) is 3.52. The number of fused-ring (bicyclic) bond motifs is 1. The molecule has 0 bridgehead atoms. The number of halogens is 5. The molecule has 3 aromatic rings. The van der Waals surface area contributed by atoms with Crippen LogP contribution in [0, 0.1) is 9.39 Å². The van der Waals surface area contributed by atoms with Crippen molar-refractivity contribution in [1.29, 1.82) is 0 Å². The molecular formula is C15H12F4IN3O2. The maximum atomic E-state index is 14.5. The number of nitrogens with zero attached hydrogens (tertiary/aromatic N) is 3. The average molecular weight is 469 g/mol. The van der Waals surface area contributed by atoms with Crippen LogP contribution in [0.5, 0.6) is 5.75 Å². The van der Waals surface area contributed by atoms with Gasteiger partial charge in [-0.2, -0.15) is 0 Å². The monoisotopic (exact) mass is 469 g/mol. The Kier molecular flexibility index (Phi) is 4.25. The third kappa shape index (κ3) is 2.98. The van der Waals surface area contributed by atoms with Crippen LogP contribution >= 0.6 is 19.8 Å². The minimum atomic E-state index is -4.77. The topological polar surface area (TPSA) is 59.5 Å². The third-order valence-corrected chi connectivity index (χ3v) is 6.70. The summed E-state index contributed by atoms with van der Waals surface area (Å²) in [5, 5.41) is 10.1. The normalized spacial score (nSPS) is 12.6. The van der Waals surface area contributed by atoms with Crippen molar-refractivity contribution in [2.45, 2.75) is 6.18 Å². The van der Waals surface area contributed by atoms with Crippen molar-refractivity contribution in [3.8, 4) is 11.4 Å². The number of rotatable bonds is 2. The molecule has 10 heteroatoms. The van der Waals surface area contributed by atoms with E-state index < -0.39 is 48.8 Å². The summed E-state index contributed by atoms with van der Waals surface area (Å²) in [6.45, 7) is 0. The van der Waals surface area contributed by atoms with Crippen molar-refractivity contribution in [3.63, 3.8) is 0 Å². The van der Waals surface area contributed by atoms with Gasteiger partial charge in [-0.1, -0.05) is 0 Å². The number of hydrogen-bond acceptors (Lipinski definition) is 3. The first-order valence-electron chi connectivity index (χ1n) is 6.80. The molecule has 0 radical (unpaired) electrons. The summed E-state index contributed by atoms with van der Waals surface area (Å²) >= 11 is -1.71. The van der Waals surface area contributed by atoms with Crippen LogP contribution in [-0.4, -0.2) is 28.9 Å². The molecule has 1 aromatic carbocycles. The molecule has 2 heterocycles. The van der Waals surface area contributed by atoms with Gasteiger partial charge in [0.1, 0.15) is 0 Å². The zero-order valence-electron chi connectivity index (χ0n) is 13.0. The van der Waals surface area contributed by atoms with Crippen LogP contribution < -0.4 is 5.56 Å². The van der Waals surface area contributed by atoms with Crippen molar-refractivity contribution in [1.82, 2.24) is 14.0 Å². The summed E-state index contributed by atoms with van der Waals surface area (Å²) in [4.78, 5) is 19.8. The summed E-state index contributed by atoms with van der Waals surface area (Å²) in [5.74, 6) is -1.40. The van der Waals surface area contributed by atoms with Gasteiger partial charge in [-0.25, -0.2) is 0 Å². The fourth-order valence-electron chi connectivity index (χ4n) is 2.44. The van der Waals surface area contributed by atoms with E-state index in [2.05, 4.69) is 4.98 Å². The number of phenols is 1. The number of aromatic nitrogens is 3. The predicted molar refractivity (Wildman–Crippen MR) is 92.0 cm³/mol.